The minimum atomic E-state index is 0.650. The van der Waals surface area contributed by atoms with Gasteiger partial charge in [0, 0.05) is 10.4 Å². The smallest absolute Gasteiger partial charge is 0.122 e. The van der Waals surface area contributed by atoms with Gasteiger partial charge in [-0.15, -0.1) is 11.6 Å². The Hall–Kier alpha value is -0.990. The molecule has 0 fully saturated rings. The van der Waals surface area contributed by atoms with Gasteiger partial charge in [0.05, 0.1) is 6.61 Å². The Morgan fingerprint density at radius 1 is 1.04 bits per heavy atom. The Morgan fingerprint density at radius 3 is 2.26 bits per heavy atom. The molecule has 126 valence electrons. The molecule has 0 spiro atoms. The summed E-state index contributed by atoms with van der Waals surface area (Å²) >= 11 is 9.14. The van der Waals surface area contributed by atoms with Crippen LogP contribution in [0.4, 0.5) is 0 Å². The molecule has 0 atom stereocenters. The summed E-state index contributed by atoms with van der Waals surface area (Å²) in [4.78, 5) is 0. The fourth-order valence-electron chi connectivity index (χ4n) is 2.06. The Morgan fingerprint density at radius 2 is 1.74 bits per heavy atom. The standard InChI is InChI=1S/C12H16BrClO.C8H10/c1-3-10-8-11(13)9(2)7-12(10)15-6-4-5-14;1-2-8-6-4-3-5-7-8/h7-8H,3-6H2,1-2H3;3-7H,2H2,1H3. The summed E-state index contributed by atoms with van der Waals surface area (Å²) in [5, 5.41) is 0. The molecule has 23 heavy (non-hydrogen) atoms. The monoisotopic (exact) mass is 396 g/mol. The topological polar surface area (TPSA) is 9.23 Å². The molecule has 2 aromatic rings. The highest BCUT2D eigenvalue weighted by atomic mass is 79.9. The van der Waals surface area contributed by atoms with E-state index in [0.29, 0.717) is 12.5 Å². The third kappa shape index (κ3) is 7.41. The van der Waals surface area contributed by atoms with E-state index in [-0.39, 0.29) is 0 Å². The van der Waals surface area contributed by atoms with Gasteiger partial charge in [0.15, 0.2) is 0 Å². The lowest BCUT2D eigenvalue weighted by molar-refractivity contribution is 0.315. The Labute approximate surface area is 154 Å². The van der Waals surface area contributed by atoms with Crippen molar-refractivity contribution in [1.82, 2.24) is 0 Å². The average Bonchev–Trinajstić information content (AvgIpc) is 2.59. The highest BCUT2D eigenvalue weighted by molar-refractivity contribution is 9.10. The van der Waals surface area contributed by atoms with E-state index in [1.807, 2.05) is 6.07 Å². The van der Waals surface area contributed by atoms with Gasteiger partial charge in [-0.3, -0.25) is 0 Å². The van der Waals surface area contributed by atoms with Gasteiger partial charge >= 0.3 is 0 Å². The fourth-order valence-corrected chi connectivity index (χ4v) is 2.56. The van der Waals surface area contributed by atoms with E-state index in [9.17, 15) is 0 Å². The van der Waals surface area contributed by atoms with Gasteiger partial charge in [-0.2, -0.15) is 0 Å². The lowest BCUT2D eigenvalue weighted by Gasteiger charge is -2.12. The van der Waals surface area contributed by atoms with Crippen LogP contribution in [0.25, 0.3) is 0 Å². The van der Waals surface area contributed by atoms with Crippen molar-refractivity contribution in [3.63, 3.8) is 0 Å². The van der Waals surface area contributed by atoms with Crippen molar-refractivity contribution in [1.29, 1.82) is 0 Å². The second-order valence-electron chi connectivity index (χ2n) is 5.29. The van der Waals surface area contributed by atoms with Crippen molar-refractivity contribution in [3.8, 4) is 5.75 Å². The molecule has 0 radical (unpaired) electrons. The molecule has 0 unspecified atom stereocenters. The summed E-state index contributed by atoms with van der Waals surface area (Å²) in [6, 6.07) is 14.7. The molecule has 2 aromatic carbocycles. The molecule has 0 aliphatic carbocycles. The number of benzene rings is 2. The Kier molecular flexibility index (Phi) is 10.1. The second kappa shape index (κ2) is 11.5. The lowest BCUT2D eigenvalue weighted by Crippen LogP contribution is -2.01. The molecule has 0 saturated heterocycles. The molecule has 0 N–H and O–H groups in total. The van der Waals surface area contributed by atoms with Gasteiger partial charge in [0.2, 0.25) is 0 Å². The number of hydrogen-bond acceptors (Lipinski definition) is 1. The third-order valence-corrected chi connectivity index (χ3v) is 4.63. The van der Waals surface area contributed by atoms with Crippen LogP contribution in [0.2, 0.25) is 0 Å². The highest BCUT2D eigenvalue weighted by Gasteiger charge is 2.05. The van der Waals surface area contributed by atoms with Crippen LogP contribution < -0.4 is 4.74 Å². The summed E-state index contributed by atoms with van der Waals surface area (Å²) < 4.78 is 6.84. The average molecular weight is 398 g/mol. The number of aryl methyl sites for hydroxylation is 3. The maximum Gasteiger partial charge on any atom is 0.122 e. The molecular weight excluding hydrogens is 372 g/mol. The molecular formula is C20H26BrClO. The first-order valence-corrected chi connectivity index (χ1v) is 9.46. The minimum absolute atomic E-state index is 0.650. The number of halogens is 2. The van der Waals surface area contributed by atoms with Gasteiger partial charge in [-0.1, -0.05) is 60.1 Å². The predicted molar refractivity (Wildman–Crippen MR) is 105 cm³/mol. The third-order valence-electron chi connectivity index (χ3n) is 3.51. The molecule has 2 rings (SSSR count). The van der Waals surface area contributed by atoms with Crippen LogP contribution in [0.15, 0.2) is 46.9 Å². The molecule has 0 amide bonds. The van der Waals surface area contributed by atoms with Crippen LogP contribution in [0, 0.1) is 6.92 Å². The lowest BCUT2D eigenvalue weighted by atomic mass is 10.1. The molecule has 3 heteroatoms. The van der Waals surface area contributed by atoms with E-state index in [2.05, 4.69) is 73.1 Å². The summed E-state index contributed by atoms with van der Waals surface area (Å²) in [5.74, 6) is 1.64. The van der Waals surface area contributed by atoms with Crippen molar-refractivity contribution in [2.24, 2.45) is 0 Å². The van der Waals surface area contributed by atoms with E-state index < -0.39 is 0 Å². The first-order chi connectivity index (χ1) is 11.1. The normalized spacial score (nSPS) is 9.96. The maximum atomic E-state index is 5.70. The number of alkyl halides is 1. The number of rotatable bonds is 6. The number of hydrogen-bond donors (Lipinski definition) is 0. The van der Waals surface area contributed by atoms with E-state index in [0.717, 1.165) is 29.5 Å². The van der Waals surface area contributed by atoms with E-state index in [1.54, 1.807) is 0 Å². The SMILES string of the molecule is CCc1cc(Br)c(C)cc1OCCCCl.CCc1ccccc1. The zero-order chi connectivity index (χ0) is 17.1. The fraction of sp³-hybridized carbons (Fsp3) is 0.400. The van der Waals surface area contributed by atoms with Crippen LogP contribution >= 0.6 is 27.5 Å². The van der Waals surface area contributed by atoms with Gasteiger partial charge in [0.25, 0.3) is 0 Å². The molecule has 0 aliphatic rings. The summed E-state index contributed by atoms with van der Waals surface area (Å²) in [6.45, 7) is 7.05. The summed E-state index contributed by atoms with van der Waals surface area (Å²) in [6.07, 6.45) is 3.01. The van der Waals surface area contributed by atoms with Crippen LogP contribution in [-0.2, 0) is 12.8 Å². The first kappa shape index (κ1) is 20.1. The minimum Gasteiger partial charge on any atom is -0.493 e. The van der Waals surface area contributed by atoms with Crippen molar-refractivity contribution in [2.45, 2.75) is 40.0 Å². The zero-order valence-electron chi connectivity index (χ0n) is 14.2. The van der Waals surface area contributed by atoms with E-state index in [4.69, 9.17) is 16.3 Å². The van der Waals surface area contributed by atoms with Gasteiger partial charge in [-0.25, -0.2) is 0 Å². The highest BCUT2D eigenvalue weighted by Crippen LogP contribution is 2.27. The quantitative estimate of drug-likeness (QED) is 0.395. The molecule has 1 nitrogen and oxygen atoms in total. The molecule has 0 saturated carbocycles. The van der Waals surface area contributed by atoms with Crippen molar-refractivity contribution in [3.05, 3.63) is 63.6 Å². The van der Waals surface area contributed by atoms with Crippen molar-refractivity contribution in [2.75, 3.05) is 12.5 Å². The number of ether oxygens (including phenoxy) is 1. The van der Waals surface area contributed by atoms with Crippen molar-refractivity contribution >= 4 is 27.5 Å². The van der Waals surface area contributed by atoms with Crippen LogP contribution in [0.3, 0.4) is 0 Å². The summed E-state index contributed by atoms with van der Waals surface area (Å²) in [5.41, 5.74) is 3.85. The van der Waals surface area contributed by atoms with Gasteiger partial charge in [-0.05, 0) is 55.0 Å². The first-order valence-electron chi connectivity index (χ1n) is 8.14. The van der Waals surface area contributed by atoms with Gasteiger partial charge < -0.3 is 4.74 Å². The summed E-state index contributed by atoms with van der Waals surface area (Å²) in [7, 11) is 0. The Bertz CT molecular complexity index is 569. The zero-order valence-corrected chi connectivity index (χ0v) is 16.6. The molecule has 0 aliphatic heterocycles. The molecule has 0 aromatic heterocycles. The van der Waals surface area contributed by atoms with Crippen LogP contribution in [0.5, 0.6) is 5.75 Å². The maximum absolute atomic E-state index is 5.70. The van der Waals surface area contributed by atoms with Crippen LogP contribution in [0.1, 0.15) is 37.0 Å². The molecule has 0 heterocycles. The van der Waals surface area contributed by atoms with Gasteiger partial charge in [0.1, 0.15) is 5.75 Å². The van der Waals surface area contributed by atoms with Crippen molar-refractivity contribution < 1.29 is 4.74 Å². The largest absolute Gasteiger partial charge is 0.493 e. The molecule has 0 bridgehead atoms. The second-order valence-corrected chi connectivity index (χ2v) is 6.53. The van der Waals surface area contributed by atoms with E-state index in [1.165, 1.54) is 16.7 Å². The Balaban J connectivity index is 0.000000277. The van der Waals surface area contributed by atoms with Crippen LogP contribution in [-0.4, -0.2) is 12.5 Å². The predicted octanol–water partition coefficient (Wildman–Crippen LogP) is 6.58. The van der Waals surface area contributed by atoms with E-state index >= 15 is 0 Å².